The number of rotatable bonds is 4. The lowest BCUT2D eigenvalue weighted by atomic mass is 9.96. The summed E-state index contributed by atoms with van der Waals surface area (Å²) in [7, 11) is 1.61. The van der Waals surface area contributed by atoms with Gasteiger partial charge in [0.15, 0.2) is 0 Å². The van der Waals surface area contributed by atoms with E-state index in [2.05, 4.69) is 15.3 Å². The molecule has 2 aromatic carbocycles. The Hall–Kier alpha value is -3.09. The molecule has 0 saturated carbocycles. The molecule has 0 saturated heterocycles. The van der Waals surface area contributed by atoms with Gasteiger partial charge in [-0.2, -0.15) is 0 Å². The van der Waals surface area contributed by atoms with Crippen LogP contribution in [0.1, 0.15) is 11.4 Å². The van der Waals surface area contributed by atoms with Gasteiger partial charge in [0.1, 0.15) is 29.7 Å². The second-order valence-corrected chi connectivity index (χ2v) is 6.25. The number of imidazole rings is 1. The van der Waals surface area contributed by atoms with Crippen LogP contribution >= 0.6 is 0 Å². The largest absolute Gasteiger partial charge is 0.497 e. The summed E-state index contributed by atoms with van der Waals surface area (Å²) in [5, 5.41) is 2.87. The van der Waals surface area contributed by atoms with Gasteiger partial charge in [-0.25, -0.2) is 9.37 Å². The standard InChI is InChI=1S/C19H18FN3O3/c1-25-14-3-5-17-11(7-14)6-12(10-26-17)19(24)21-9-18-22-15-4-2-13(20)8-16(15)23-18/h2-5,7-8,12H,6,9-10H2,1H3,(H,21,24)(H,22,23)/t12-/m1/s1. The third kappa shape index (κ3) is 3.20. The van der Waals surface area contributed by atoms with Crippen LogP contribution in [0.15, 0.2) is 36.4 Å². The van der Waals surface area contributed by atoms with Crippen LogP contribution in [0.3, 0.4) is 0 Å². The van der Waals surface area contributed by atoms with E-state index in [9.17, 15) is 9.18 Å². The number of methoxy groups -OCH3 is 1. The molecular weight excluding hydrogens is 337 g/mol. The number of benzene rings is 2. The highest BCUT2D eigenvalue weighted by molar-refractivity contribution is 5.80. The highest BCUT2D eigenvalue weighted by atomic mass is 19.1. The second kappa shape index (κ2) is 6.67. The van der Waals surface area contributed by atoms with Gasteiger partial charge in [-0.1, -0.05) is 0 Å². The Labute approximate surface area is 149 Å². The maximum atomic E-state index is 13.2. The number of nitrogens with zero attached hydrogens (tertiary/aromatic N) is 1. The van der Waals surface area contributed by atoms with Crippen molar-refractivity contribution in [2.24, 2.45) is 5.92 Å². The van der Waals surface area contributed by atoms with E-state index in [1.165, 1.54) is 12.1 Å². The molecule has 134 valence electrons. The summed E-state index contributed by atoms with van der Waals surface area (Å²) in [5.41, 5.74) is 2.23. The van der Waals surface area contributed by atoms with Gasteiger partial charge in [0.25, 0.3) is 0 Å². The van der Waals surface area contributed by atoms with E-state index in [4.69, 9.17) is 9.47 Å². The highest BCUT2D eigenvalue weighted by Gasteiger charge is 2.26. The summed E-state index contributed by atoms with van der Waals surface area (Å²) in [6, 6.07) is 9.93. The Balaban J connectivity index is 1.41. The predicted octanol–water partition coefficient (Wildman–Crippen LogP) is 2.58. The number of halogens is 1. The van der Waals surface area contributed by atoms with Crippen LogP contribution in [0.5, 0.6) is 11.5 Å². The fourth-order valence-corrected chi connectivity index (χ4v) is 3.10. The summed E-state index contributed by atoms with van der Waals surface area (Å²) < 4.78 is 24.1. The van der Waals surface area contributed by atoms with Gasteiger partial charge in [-0.15, -0.1) is 0 Å². The van der Waals surface area contributed by atoms with Gasteiger partial charge in [0.05, 0.1) is 30.6 Å². The average Bonchev–Trinajstić information content (AvgIpc) is 3.07. The molecule has 0 unspecified atom stereocenters. The Bertz CT molecular complexity index is 970. The minimum atomic E-state index is -0.329. The van der Waals surface area contributed by atoms with E-state index in [1.54, 1.807) is 13.2 Å². The molecule has 0 bridgehead atoms. The summed E-state index contributed by atoms with van der Waals surface area (Å²) in [5.74, 6) is 1.39. The monoisotopic (exact) mass is 355 g/mol. The van der Waals surface area contributed by atoms with Crippen molar-refractivity contribution in [1.82, 2.24) is 15.3 Å². The van der Waals surface area contributed by atoms with Gasteiger partial charge in [0, 0.05) is 0 Å². The van der Waals surface area contributed by atoms with E-state index in [0.717, 1.165) is 17.1 Å². The molecule has 3 aromatic rings. The lowest BCUT2D eigenvalue weighted by molar-refractivity contribution is -0.126. The number of hydrogen-bond acceptors (Lipinski definition) is 4. The second-order valence-electron chi connectivity index (χ2n) is 6.25. The molecule has 2 N–H and O–H groups in total. The number of H-pyrrole nitrogens is 1. The fourth-order valence-electron chi connectivity index (χ4n) is 3.10. The molecule has 0 aliphatic carbocycles. The smallest absolute Gasteiger partial charge is 0.227 e. The van der Waals surface area contributed by atoms with Crippen LogP contribution in [0.2, 0.25) is 0 Å². The number of carbonyl (C=O) groups is 1. The van der Waals surface area contributed by atoms with Gasteiger partial charge in [-0.05, 0) is 48.4 Å². The first-order valence-corrected chi connectivity index (χ1v) is 8.34. The average molecular weight is 355 g/mol. The first-order valence-electron chi connectivity index (χ1n) is 8.34. The van der Waals surface area contributed by atoms with Crippen LogP contribution in [0, 0.1) is 11.7 Å². The zero-order chi connectivity index (χ0) is 18.1. The highest BCUT2D eigenvalue weighted by Crippen LogP contribution is 2.30. The SMILES string of the molecule is COc1ccc2c(c1)C[C@@H](C(=O)NCc1nc3ccc(F)cc3[nH]1)CO2. The Morgan fingerprint density at radius 2 is 2.27 bits per heavy atom. The third-order valence-electron chi connectivity index (χ3n) is 4.47. The molecule has 0 fully saturated rings. The summed E-state index contributed by atoms with van der Waals surface area (Å²) in [6.07, 6.45) is 0.587. The van der Waals surface area contributed by atoms with Crippen molar-refractivity contribution in [2.75, 3.05) is 13.7 Å². The maximum absolute atomic E-state index is 13.2. The van der Waals surface area contributed by atoms with Crippen molar-refractivity contribution in [3.05, 3.63) is 53.6 Å². The molecule has 7 heteroatoms. The van der Waals surface area contributed by atoms with Crippen molar-refractivity contribution >= 4 is 16.9 Å². The van der Waals surface area contributed by atoms with Crippen molar-refractivity contribution in [1.29, 1.82) is 0 Å². The van der Waals surface area contributed by atoms with Gasteiger partial charge in [-0.3, -0.25) is 4.79 Å². The van der Waals surface area contributed by atoms with Crippen molar-refractivity contribution in [3.63, 3.8) is 0 Å². The maximum Gasteiger partial charge on any atom is 0.227 e. The fraction of sp³-hybridized carbons (Fsp3) is 0.263. The molecule has 6 nitrogen and oxygen atoms in total. The molecule has 2 heterocycles. The lowest BCUT2D eigenvalue weighted by Gasteiger charge is -2.24. The van der Waals surface area contributed by atoms with Crippen LogP contribution in [0.4, 0.5) is 4.39 Å². The molecule has 4 rings (SSSR count). The molecule has 1 aliphatic rings. The normalized spacial score (nSPS) is 16.0. The van der Waals surface area contributed by atoms with Crippen molar-refractivity contribution < 1.29 is 18.7 Å². The summed E-state index contributed by atoms with van der Waals surface area (Å²) >= 11 is 0. The minimum Gasteiger partial charge on any atom is -0.497 e. The van der Waals surface area contributed by atoms with Gasteiger partial charge < -0.3 is 19.8 Å². The van der Waals surface area contributed by atoms with Crippen LogP contribution in [0.25, 0.3) is 11.0 Å². The molecular formula is C19H18FN3O3. The first-order chi connectivity index (χ1) is 12.6. The molecule has 0 radical (unpaired) electrons. The summed E-state index contributed by atoms with van der Waals surface area (Å²) in [6.45, 7) is 0.576. The van der Waals surface area contributed by atoms with Gasteiger partial charge >= 0.3 is 0 Å². The number of aromatic nitrogens is 2. The zero-order valence-electron chi connectivity index (χ0n) is 14.2. The van der Waals surface area contributed by atoms with E-state index in [0.29, 0.717) is 29.9 Å². The molecule has 1 aliphatic heterocycles. The number of ether oxygens (including phenoxy) is 2. The number of carbonyl (C=O) groups excluding carboxylic acids is 1. The predicted molar refractivity (Wildman–Crippen MR) is 93.6 cm³/mol. The quantitative estimate of drug-likeness (QED) is 0.754. The van der Waals surface area contributed by atoms with Crippen LogP contribution < -0.4 is 14.8 Å². The Kier molecular flexibility index (Phi) is 4.20. The zero-order valence-corrected chi connectivity index (χ0v) is 14.2. The Morgan fingerprint density at radius 1 is 1.38 bits per heavy atom. The molecule has 1 aromatic heterocycles. The Morgan fingerprint density at radius 3 is 3.12 bits per heavy atom. The molecule has 0 spiro atoms. The number of nitrogens with one attached hydrogen (secondary N) is 2. The lowest BCUT2D eigenvalue weighted by Crippen LogP contribution is -2.37. The van der Waals surface area contributed by atoms with E-state index in [-0.39, 0.29) is 24.2 Å². The van der Waals surface area contributed by atoms with E-state index >= 15 is 0 Å². The number of amides is 1. The third-order valence-corrected chi connectivity index (χ3v) is 4.47. The topological polar surface area (TPSA) is 76.2 Å². The summed E-state index contributed by atoms with van der Waals surface area (Å²) in [4.78, 5) is 19.8. The van der Waals surface area contributed by atoms with Crippen molar-refractivity contribution in [2.45, 2.75) is 13.0 Å². The van der Waals surface area contributed by atoms with Crippen molar-refractivity contribution in [3.8, 4) is 11.5 Å². The minimum absolute atomic E-state index is 0.106. The van der Waals surface area contributed by atoms with Crippen LogP contribution in [-0.2, 0) is 17.8 Å². The van der Waals surface area contributed by atoms with Crippen LogP contribution in [-0.4, -0.2) is 29.6 Å². The molecule has 1 atom stereocenters. The molecule has 1 amide bonds. The molecule has 26 heavy (non-hydrogen) atoms. The number of aromatic amines is 1. The number of fused-ring (bicyclic) bond motifs is 2. The van der Waals surface area contributed by atoms with E-state index < -0.39 is 0 Å². The van der Waals surface area contributed by atoms with E-state index in [1.807, 2.05) is 18.2 Å². The first kappa shape index (κ1) is 16.4. The van der Waals surface area contributed by atoms with Gasteiger partial charge in [0.2, 0.25) is 5.91 Å². The number of hydrogen-bond donors (Lipinski definition) is 2.